The Morgan fingerprint density at radius 1 is 1.09 bits per heavy atom. The molecule has 0 radical (unpaired) electrons. The van der Waals surface area contributed by atoms with Crippen LogP contribution in [0.4, 0.5) is 0 Å². The van der Waals surface area contributed by atoms with Crippen molar-refractivity contribution in [1.82, 2.24) is 10.2 Å². The highest BCUT2D eigenvalue weighted by Crippen LogP contribution is 2.28. The smallest absolute Gasteiger partial charge is 0.118 e. The Morgan fingerprint density at radius 2 is 1.86 bits per heavy atom. The molecule has 0 amide bonds. The molecule has 5 heteroatoms. The predicted octanol–water partition coefficient (Wildman–Crippen LogP) is 3.09. The largest absolute Gasteiger partial charge is 0.497 e. The highest BCUT2D eigenvalue weighted by atomic mass is 16.6. The van der Waals surface area contributed by atoms with Crippen LogP contribution in [0, 0.1) is 5.92 Å². The summed E-state index contributed by atoms with van der Waals surface area (Å²) in [5.41, 5.74) is 4.82. The minimum absolute atomic E-state index is 0.502. The van der Waals surface area contributed by atoms with Gasteiger partial charge in [-0.15, -0.1) is 0 Å². The van der Waals surface area contributed by atoms with Crippen LogP contribution < -0.4 is 4.74 Å². The van der Waals surface area contributed by atoms with Crippen molar-refractivity contribution in [2.45, 2.75) is 19.8 Å². The zero-order valence-corrected chi connectivity index (χ0v) is 13.0. The van der Waals surface area contributed by atoms with Gasteiger partial charge in [-0.05, 0) is 49.1 Å². The van der Waals surface area contributed by atoms with Crippen molar-refractivity contribution in [3.63, 3.8) is 0 Å². The van der Waals surface area contributed by atoms with Crippen molar-refractivity contribution in [2.24, 2.45) is 11.1 Å². The molecule has 1 aromatic carbocycles. The first-order chi connectivity index (χ1) is 10.7. The van der Waals surface area contributed by atoms with Gasteiger partial charge in [0, 0.05) is 11.1 Å². The summed E-state index contributed by atoms with van der Waals surface area (Å²) >= 11 is 0. The lowest BCUT2D eigenvalue weighted by Crippen LogP contribution is -2.21. The highest BCUT2D eigenvalue weighted by Gasteiger charge is 2.23. The van der Waals surface area contributed by atoms with E-state index < -0.39 is 0 Å². The number of nitrogens with zero attached hydrogens (tertiary/aromatic N) is 3. The van der Waals surface area contributed by atoms with Crippen LogP contribution in [-0.2, 0) is 11.3 Å². The van der Waals surface area contributed by atoms with Gasteiger partial charge in [0.05, 0.1) is 24.2 Å². The van der Waals surface area contributed by atoms with Crippen LogP contribution in [0.1, 0.15) is 24.6 Å². The van der Waals surface area contributed by atoms with Crippen molar-refractivity contribution < 1.29 is 9.57 Å². The van der Waals surface area contributed by atoms with E-state index in [1.165, 1.54) is 0 Å². The number of ether oxygens (including phenoxy) is 1. The lowest BCUT2D eigenvalue weighted by molar-refractivity contribution is 0.212. The van der Waals surface area contributed by atoms with Gasteiger partial charge in [-0.3, -0.25) is 0 Å². The molecule has 1 atom stereocenters. The molecule has 114 valence electrons. The van der Waals surface area contributed by atoms with Gasteiger partial charge in [0.15, 0.2) is 0 Å². The predicted molar refractivity (Wildman–Crippen MR) is 85.1 cm³/mol. The summed E-state index contributed by atoms with van der Waals surface area (Å²) in [6, 6.07) is 9.85. The maximum Gasteiger partial charge on any atom is 0.118 e. The quantitative estimate of drug-likeness (QED) is 0.817. The molecular weight excluding hydrogens is 278 g/mol. The Bertz CT molecular complexity index is 696. The third-order valence-electron chi connectivity index (χ3n) is 3.85. The van der Waals surface area contributed by atoms with E-state index in [4.69, 9.17) is 9.57 Å². The Labute approximate surface area is 130 Å². The van der Waals surface area contributed by atoms with Gasteiger partial charge in [0.2, 0.25) is 0 Å². The number of methoxy groups -OCH3 is 1. The van der Waals surface area contributed by atoms with Gasteiger partial charge in [-0.25, -0.2) is 0 Å². The van der Waals surface area contributed by atoms with Crippen LogP contribution in [0.25, 0.3) is 11.3 Å². The SMILES string of the molecule is CO/N=C1\C[C@H](C)Cc2nnc(-c3ccc(OC)cc3)cc21. The minimum Gasteiger partial charge on any atom is -0.497 e. The highest BCUT2D eigenvalue weighted by molar-refractivity contribution is 6.02. The monoisotopic (exact) mass is 297 g/mol. The standard InChI is InChI=1S/C17H19N3O2/c1-11-8-16-14(17(9-11)20-22-3)10-15(18-19-16)12-4-6-13(21-2)7-5-12/h4-7,10-11H,8-9H2,1-3H3/b20-17+/t11-/m1/s1. The van der Waals surface area contributed by atoms with Crippen molar-refractivity contribution in [3.8, 4) is 17.0 Å². The summed E-state index contributed by atoms with van der Waals surface area (Å²) in [5.74, 6) is 1.33. The number of hydrogen-bond acceptors (Lipinski definition) is 5. The number of fused-ring (bicyclic) bond motifs is 1. The molecule has 0 saturated heterocycles. The summed E-state index contributed by atoms with van der Waals surface area (Å²) in [6.07, 6.45) is 1.82. The second kappa shape index (κ2) is 6.13. The molecule has 0 fully saturated rings. The molecule has 0 N–H and O–H groups in total. The first-order valence-corrected chi connectivity index (χ1v) is 7.32. The average molecular weight is 297 g/mol. The van der Waals surface area contributed by atoms with Crippen LogP contribution in [0.15, 0.2) is 35.5 Å². The van der Waals surface area contributed by atoms with E-state index in [0.717, 1.165) is 46.8 Å². The fourth-order valence-electron chi connectivity index (χ4n) is 2.76. The topological polar surface area (TPSA) is 56.6 Å². The van der Waals surface area contributed by atoms with E-state index in [1.807, 2.05) is 30.3 Å². The Balaban J connectivity index is 2.01. The number of benzene rings is 1. The lowest BCUT2D eigenvalue weighted by Gasteiger charge is -2.21. The maximum atomic E-state index is 5.18. The van der Waals surface area contributed by atoms with E-state index in [9.17, 15) is 0 Å². The maximum absolute atomic E-state index is 5.18. The Morgan fingerprint density at radius 3 is 2.55 bits per heavy atom. The molecule has 1 aliphatic carbocycles. The number of rotatable bonds is 3. The van der Waals surface area contributed by atoms with Crippen LogP contribution in [0.2, 0.25) is 0 Å². The van der Waals surface area contributed by atoms with Gasteiger partial charge in [0.25, 0.3) is 0 Å². The van der Waals surface area contributed by atoms with Gasteiger partial charge in [0.1, 0.15) is 12.9 Å². The van der Waals surface area contributed by atoms with Gasteiger partial charge >= 0.3 is 0 Å². The van der Waals surface area contributed by atoms with Gasteiger partial charge < -0.3 is 9.57 Å². The Hall–Kier alpha value is -2.43. The summed E-state index contributed by atoms with van der Waals surface area (Å²) in [6.45, 7) is 2.19. The average Bonchev–Trinajstić information content (AvgIpc) is 2.55. The molecular formula is C17H19N3O2. The summed E-state index contributed by atoms with van der Waals surface area (Å²) in [7, 11) is 3.23. The first kappa shape index (κ1) is 14.5. The molecule has 0 saturated carbocycles. The van der Waals surface area contributed by atoms with Crippen LogP contribution in [0.5, 0.6) is 5.75 Å². The fourth-order valence-corrected chi connectivity index (χ4v) is 2.76. The van der Waals surface area contributed by atoms with Crippen LogP contribution in [-0.4, -0.2) is 30.1 Å². The molecule has 0 spiro atoms. The third-order valence-corrected chi connectivity index (χ3v) is 3.85. The molecule has 0 aliphatic heterocycles. The van der Waals surface area contributed by atoms with Gasteiger partial charge in [-0.2, -0.15) is 10.2 Å². The van der Waals surface area contributed by atoms with E-state index in [2.05, 4.69) is 22.3 Å². The molecule has 0 bridgehead atoms. The summed E-state index contributed by atoms with van der Waals surface area (Å²) in [4.78, 5) is 4.99. The molecule has 1 aromatic heterocycles. The summed E-state index contributed by atoms with van der Waals surface area (Å²) in [5, 5.41) is 12.9. The van der Waals surface area contributed by atoms with Crippen molar-refractivity contribution >= 4 is 5.71 Å². The number of oxime groups is 1. The third kappa shape index (κ3) is 2.79. The zero-order valence-electron chi connectivity index (χ0n) is 13.0. The molecule has 22 heavy (non-hydrogen) atoms. The second-order valence-electron chi connectivity index (χ2n) is 5.55. The minimum atomic E-state index is 0.502. The normalized spacial score (nSPS) is 18.9. The van der Waals surface area contributed by atoms with E-state index in [-0.39, 0.29) is 0 Å². The molecule has 0 unspecified atom stereocenters. The molecule has 3 rings (SSSR count). The van der Waals surface area contributed by atoms with Gasteiger partial charge in [-0.1, -0.05) is 12.1 Å². The fraction of sp³-hybridized carbons (Fsp3) is 0.353. The molecule has 1 aliphatic rings. The Kier molecular flexibility index (Phi) is 4.04. The molecule has 2 aromatic rings. The lowest BCUT2D eigenvalue weighted by atomic mass is 9.86. The van der Waals surface area contributed by atoms with Crippen molar-refractivity contribution in [1.29, 1.82) is 0 Å². The number of hydrogen-bond donors (Lipinski definition) is 0. The molecule has 1 heterocycles. The number of aromatic nitrogens is 2. The summed E-state index contributed by atoms with van der Waals surface area (Å²) < 4.78 is 5.18. The van der Waals surface area contributed by atoms with Crippen molar-refractivity contribution in [3.05, 3.63) is 41.6 Å². The van der Waals surface area contributed by atoms with Crippen LogP contribution in [0.3, 0.4) is 0 Å². The molecule has 5 nitrogen and oxygen atoms in total. The first-order valence-electron chi connectivity index (χ1n) is 7.32. The van der Waals surface area contributed by atoms with E-state index in [0.29, 0.717) is 5.92 Å². The zero-order chi connectivity index (χ0) is 15.5. The van der Waals surface area contributed by atoms with Crippen molar-refractivity contribution in [2.75, 3.05) is 14.2 Å². The second-order valence-corrected chi connectivity index (χ2v) is 5.55. The van der Waals surface area contributed by atoms with Crippen LogP contribution >= 0.6 is 0 Å². The van der Waals surface area contributed by atoms with E-state index >= 15 is 0 Å². The van der Waals surface area contributed by atoms with E-state index in [1.54, 1.807) is 14.2 Å².